The van der Waals surface area contributed by atoms with Crippen molar-refractivity contribution >= 4 is 28.1 Å². The molecule has 1 aromatic carbocycles. The fourth-order valence-electron chi connectivity index (χ4n) is 1.14. The maximum Gasteiger partial charge on any atom is 0.246 e. The van der Waals surface area contributed by atoms with Gasteiger partial charge in [0.2, 0.25) is 5.56 Å². The number of benzene rings is 1. The van der Waals surface area contributed by atoms with Crippen molar-refractivity contribution in [3.05, 3.63) is 23.2 Å². The predicted molar refractivity (Wildman–Crippen MR) is 53.6 cm³/mol. The van der Waals surface area contributed by atoms with Crippen molar-refractivity contribution in [3.63, 3.8) is 0 Å². The third-order valence-electron chi connectivity index (χ3n) is 1.75. The van der Waals surface area contributed by atoms with E-state index in [9.17, 15) is 4.21 Å². The number of ether oxygens (including phenoxy) is 1. The average Bonchev–Trinajstić information content (AvgIpc) is 2.46. The summed E-state index contributed by atoms with van der Waals surface area (Å²) in [6, 6.07) is 5.28. The predicted octanol–water partition coefficient (Wildman–Crippen LogP) is 1.81. The lowest BCUT2D eigenvalue weighted by atomic mass is 10.3. The lowest BCUT2D eigenvalue weighted by molar-refractivity contribution is 0.334. The molecule has 1 heterocycles. The molecule has 1 aliphatic heterocycles. The van der Waals surface area contributed by atoms with Gasteiger partial charge in [0, 0.05) is 17.3 Å². The molecule has 0 amide bonds. The zero-order chi connectivity index (χ0) is 9.42. The Kier molecular flexibility index (Phi) is 2.17. The normalized spacial score (nSPS) is 21.5. The second-order valence-electron chi connectivity index (χ2n) is 2.73. The van der Waals surface area contributed by atoms with E-state index in [-0.39, 0.29) is 0 Å². The molecule has 0 spiro atoms. The third kappa shape index (κ3) is 1.64. The molecule has 1 N–H and O–H groups in total. The van der Waals surface area contributed by atoms with Crippen molar-refractivity contribution in [2.75, 3.05) is 11.6 Å². The zero-order valence-electron chi connectivity index (χ0n) is 6.91. The minimum Gasteiger partial charge on any atom is -0.457 e. The summed E-state index contributed by atoms with van der Waals surface area (Å²) in [6.07, 6.45) is 1.59. The molecule has 2 atom stereocenters. The standard InChI is InChI=1S/C8H8ClNO2S/c1-13(11)8-10-6-3-2-5(9)4-7(6)12-8/h2-4,8,10H,1H3. The Balaban J connectivity index is 2.30. The second-order valence-corrected chi connectivity index (χ2v) is 4.59. The summed E-state index contributed by atoms with van der Waals surface area (Å²) in [5.74, 6) is 0.660. The van der Waals surface area contributed by atoms with Crippen molar-refractivity contribution in [1.82, 2.24) is 0 Å². The van der Waals surface area contributed by atoms with E-state index in [1.807, 2.05) is 6.07 Å². The highest BCUT2D eigenvalue weighted by Gasteiger charge is 2.24. The van der Waals surface area contributed by atoms with Crippen LogP contribution in [0.5, 0.6) is 5.75 Å². The topological polar surface area (TPSA) is 38.3 Å². The summed E-state index contributed by atoms with van der Waals surface area (Å²) in [7, 11) is -1.05. The van der Waals surface area contributed by atoms with Gasteiger partial charge in [0.05, 0.1) is 16.5 Å². The largest absolute Gasteiger partial charge is 0.457 e. The molecule has 1 aromatic rings. The number of rotatable bonds is 1. The Morgan fingerprint density at radius 1 is 1.62 bits per heavy atom. The maximum absolute atomic E-state index is 11.1. The van der Waals surface area contributed by atoms with E-state index in [1.54, 1.807) is 18.4 Å². The molecule has 0 saturated carbocycles. The lowest BCUT2D eigenvalue weighted by Crippen LogP contribution is -2.24. The van der Waals surface area contributed by atoms with Gasteiger partial charge in [0.25, 0.3) is 0 Å². The SMILES string of the molecule is CS(=O)C1Nc2ccc(Cl)cc2O1. The Bertz CT molecular complexity index is 369. The van der Waals surface area contributed by atoms with E-state index < -0.39 is 16.4 Å². The van der Waals surface area contributed by atoms with E-state index in [4.69, 9.17) is 16.3 Å². The van der Waals surface area contributed by atoms with Crippen LogP contribution in [-0.4, -0.2) is 16.0 Å². The van der Waals surface area contributed by atoms with Crippen LogP contribution in [0.4, 0.5) is 5.69 Å². The number of halogens is 1. The van der Waals surface area contributed by atoms with E-state index in [0.717, 1.165) is 5.69 Å². The number of fused-ring (bicyclic) bond motifs is 1. The second kappa shape index (κ2) is 3.20. The monoisotopic (exact) mass is 217 g/mol. The molecule has 13 heavy (non-hydrogen) atoms. The number of hydrogen-bond donors (Lipinski definition) is 1. The lowest BCUT2D eigenvalue weighted by Gasteiger charge is -2.05. The van der Waals surface area contributed by atoms with Gasteiger partial charge in [-0.1, -0.05) is 11.6 Å². The van der Waals surface area contributed by atoms with Crippen molar-refractivity contribution in [2.24, 2.45) is 0 Å². The summed E-state index contributed by atoms with van der Waals surface area (Å²) in [5.41, 5.74) is 0.387. The van der Waals surface area contributed by atoms with Gasteiger partial charge in [-0.2, -0.15) is 0 Å². The van der Waals surface area contributed by atoms with Crippen molar-refractivity contribution in [2.45, 2.75) is 5.56 Å². The van der Waals surface area contributed by atoms with Gasteiger partial charge in [-0.3, -0.25) is 4.21 Å². The van der Waals surface area contributed by atoms with Crippen molar-refractivity contribution in [3.8, 4) is 5.75 Å². The van der Waals surface area contributed by atoms with Crippen LogP contribution in [0.1, 0.15) is 0 Å². The molecule has 0 aliphatic carbocycles. The van der Waals surface area contributed by atoms with Gasteiger partial charge in [-0.05, 0) is 12.1 Å². The van der Waals surface area contributed by atoms with Crippen molar-refractivity contribution < 1.29 is 8.95 Å². The summed E-state index contributed by atoms with van der Waals surface area (Å²) in [4.78, 5) is 0. The summed E-state index contributed by atoms with van der Waals surface area (Å²) in [5, 5.41) is 3.59. The van der Waals surface area contributed by atoms with Crippen LogP contribution in [0, 0.1) is 0 Å². The van der Waals surface area contributed by atoms with E-state index in [0.29, 0.717) is 10.8 Å². The van der Waals surface area contributed by atoms with E-state index in [2.05, 4.69) is 5.32 Å². The first kappa shape index (κ1) is 8.84. The van der Waals surface area contributed by atoms with Crippen LogP contribution in [-0.2, 0) is 10.8 Å². The smallest absolute Gasteiger partial charge is 0.246 e. The quantitative estimate of drug-likeness (QED) is 0.780. The Morgan fingerprint density at radius 3 is 3.08 bits per heavy atom. The fraction of sp³-hybridized carbons (Fsp3) is 0.250. The first-order chi connectivity index (χ1) is 6.16. The van der Waals surface area contributed by atoms with E-state index in [1.165, 1.54) is 0 Å². The highest BCUT2D eigenvalue weighted by atomic mass is 35.5. The molecule has 0 saturated heterocycles. The molecule has 1 aliphatic rings. The third-order valence-corrected chi connectivity index (χ3v) is 2.80. The average molecular weight is 218 g/mol. The molecule has 0 aromatic heterocycles. The number of nitrogens with one attached hydrogen (secondary N) is 1. The van der Waals surface area contributed by atoms with Crippen LogP contribution in [0.3, 0.4) is 0 Å². The molecule has 70 valence electrons. The van der Waals surface area contributed by atoms with Crippen LogP contribution >= 0.6 is 11.6 Å². The molecule has 2 rings (SSSR count). The molecule has 2 unspecified atom stereocenters. The molecule has 3 nitrogen and oxygen atoms in total. The van der Waals surface area contributed by atoms with Gasteiger partial charge in [0.1, 0.15) is 5.75 Å². The van der Waals surface area contributed by atoms with Crippen LogP contribution in [0.25, 0.3) is 0 Å². The van der Waals surface area contributed by atoms with E-state index >= 15 is 0 Å². The Labute approximate surface area is 83.5 Å². The molecular weight excluding hydrogens is 210 g/mol. The molecular formula is C8H8ClNO2S. The van der Waals surface area contributed by atoms with Crippen LogP contribution in [0.15, 0.2) is 18.2 Å². The molecule has 5 heteroatoms. The van der Waals surface area contributed by atoms with Gasteiger partial charge >= 0.3 is 0 Å². The first-order valence-electron chi connectivity index (χ1n) is 3.72. The molecule has 0 fully saturated rings. The Hall–Kier alpha value is -0.740. The summed E-state index contributed by atoms with van der Waals surface area (Å²) in [6.45, 7) is 0. The first-order valence-corrected chi connectivity index (χ1v) is 5.72. The van der Waals surface area contributed by atoms with Gasteiger partial charge in [-0.25, -0.2) is 0 Å². The van der Waals surface area contributed by atoms with Crippen LogP contribution in [0.2, 0.25) is 5.02 Å². The molecule has 0 radical (unpaired) electrons. The fourth-order valence-corrected chi connectivity index (χ4v) is 1.83. The minimum absolute atomic E-state index is 0.450. The molecule has 0 bridgehead atoms. The zero-order valence-corrected chi connectivity index (χ0v) is 8.48. The Morgan fingerprint density at radius 2 is 2.38 bits per heavy atom. The summed E-state index contributed by atoms with van der Waals surface area (Å²) >= 11 is 5.77. The minimum atomic E-state index is -1.05. The summed E-state index contributed by atoms with van der Waals surface area (Å²) < 4.78 is 16.4. The number of hydrogen-bond acceptors (Lipinski definition) is 3. The van der Waals surface area contributed by atoms with Gasteiger partial charge in [-0.15, -0.1) is 0 Å². The van der Waals surface area contributed by atoms with Crippen molar-refractivity contribution in [1.29, 1.82) is 0 Å². The van der Waals surface area contributed by atoms with Gasteiger partial charge in [0.15, 0.2) is 0 Å². The maximum atomic E-state index is 11.1. The highest BCUT2D eigenvalue weighted by Crippen LogP contribution is 2.34. The van der Waals surface area contributed by atoms with Gasteiger partial charge < -0.3 is 10.1 Å². The highest BCUT2D eigenvalue weighted by molar-refractivity contribution is 7.84. The van der Waals surface area contributed by atoms with Crippen LogP contribution < -0.4 is 10.1 Å². The number of anilines is 1.